The van der Waals surface area contributed by atoms with Crippen LogP contribution in [0.25, 0.3) is 0 Å². The van der Waals surface area contributed by atoms with E-state index >= 15 is 0 Å². The van der Waals surface area contributed by atoms with E-state index in [1.54, 1.807) is 0 Å². The van der Waals surface area contributed by atoms with Gasteiger partial charge in [0.25, 0.3) is 0 Å². The van der Waals surface area contributed by atoms with Gasteiger partial charge in [-0.2, -0.15) is 0 Å². The van der Waals surface area contributed by atoms with Gasteiger partial charge in [-0.15, -0.1) is 0 Å². The molecule has 0 heterocycles. The molecule has 0 radical (unpaired) electrons. The molecule has 0 aromatic carbocycles. The fraction of sp³-hybridized carbons (Fsp3) is 1.00. The van der Waals surface area contributed by atoms with Crippen molar-refractivity contribution in [3.63, 3.8) is 0 Å². The van der Waals surface area contributed by atoms with Crippen LogP contribution in [0.2, 0.25) is 0 Å². The molecule has 0 atom stereocenters. The fourth-order valence-electron chi connectivity index (χ4n) is 3.74. The van der Waals surface area contributed by atoms with E-state index in [0.717, 1.165) is 12.6 Å². The molecule has 2 aliphatic carbocycles. The average Bonchev–Trinajstić information content (AvgIpc) is 2.57. The predicted octanol–water partition coefficient (Wildman–Crippen LogP) is 3.30. The number of hydrogen-bond donors (Lipinski definition) is 1. The maximum absolute atomic E-state index is 6.56. The van der Waals surface area contributed by atoms with Gasteiger partial charge in [-0.3, -0.25) is 0 Å². The Morgan fingerprint density at radius 2 is 1.47 bits per heavy atom. The van der Waals surface area contributed by atoms with Crippen LogP contribution in [0, 0.1) is 0 Å². The molecule has 0 bridgehead atoms. The first-order valence-corrected chi connectivity index (χ1v) is 7.69. The SMILES string of the molecule is CN(CC1(N)CCCCC1)C1CCCCCC1. The van der Waals surface area contributed by atoms with Crippen molar-refractivity contribution in [1.29, 1.82) is 0 Å². The zero-order valence-corrected chi connectivity index (χ0v) is 11.6. The molecule has 2 nitrogen and oxygen atoms in total. The van der Waals surface area contributed by atoms with Crippen LogP contribution in [0.1, 0.15) is 70.6 Å². The molecule has 100 valence electrons. The second-order valence-corrected chi connectivity index (χ2v) is 6.48. The van der Waals surface area contributed by atoms with E-state index in [2.05, 4.69) is 11.9 Å². The molecule has 0 saturated heterocycles. The van der Waals surface area contributed by atoms with E-state index in [-0.39, 0.29) is 5.54 Å². The van der Waals surface area contributed by atoms with Crippen molar-refractivity contribution in [2.45, 2.75) is 82.2 Å². The largest absolute Gasteiger partial charge is 0.324 e. The highest BCUT2D eigenvalue weighted by molar-refractivity contribution is 4.91. The molecule has 2 fully saturated rings. The number of likely N-dealkylation sites (N-methyl/N-ethyl adjacent to an activating group) is 1. The second-order valence-electron chi connectivity index (χ2n) is 6.48. The standard InChI is InChI=1S/C15H30N2/c1-17(14-9-5-2-3-6-10-14)13-15(16)11-7-4-8-12-15/h14H,2-13,16H2,1H3. The molecule has 2 rings (SSSR count). The molecule has 0 spiro atoms. The van der Waals surface area contributed by atoms with E-state index in [1.807, 2.05) is 0 Å². The van der Waals surface area contributed by atoms with Crippen LogP contribution in [0.5, 0.6) is 0 Å². The molecule has 0 aliphatic heterocycles. The normalized spacial score (nSPS) is 27.0. The van der Waals surface area contributed by atoms with Gasteiger partial charge >= 0.3 is 0 Å². The Hall–Kier alpha value is -0.0800. The molecule has 0 amide bonds. The van der Waals surface area contributed by atoms with Gasteiger partial charge in [-0.1, -0.05) is 44.9 Å². The lowest BCUT2D eigenvalue weighted by atomic mass is 9.82. The summed E-state index contributed by atoms with van der Waals surface area (Å²) < 4.78 is 0. The van der Waals surface area contributed by atoms with Crippen LogP contribution in [-0.2, 0) is 0 Å². The quantitative estimate of drug-likeness (QED) is 0.764. The Morgan fingerprint density at radius 1 is 0.941 bits per heavy atom. The van der Waals surface area contributed by atoms with Gasteiger partial charge in [0, 0.05) is 18.1 Å². The van der Waals surface area contributed by atoms with Gasteiger partial charge in [0.15, 0.2) is 0 Å². The van der Waals surface area contributed by atoms with Crippen molar-refractivity contribution in [3.8, 4) is 0 Å². The lowest BCUT2D eigenvalue weighted by Gasteiger charge is -2.39. The molecular formula is C15H30N2. The summed E-state index contributed by atoms with van der Waals surface area (Å²) >= 11 is 0. The first-order chi connectivity index (χ1) is 8.20. The first-order valence-electron chi connectivity index (χ1n) is 7.69. The highest BCUT2D eigenvalue weighted by atomic mass is 15.1. The minimum atomic E-state index is 0.124. The number of nitrogens with zero attached hydrogens (tertiary/aromatic N) is 1. The Labute approximate surface area is 107 Å². The molecule has 0 unspecified atom stereocenters. The third-order valence-electron chi connectivity index (χ3n) is 4.86. The maximum atomic E-state index is 6.56. The fourth-order valence-corrected chi connectivity index (χ4v) is 3.74. The Balaban J connectivity index is 1.83. The Bertz CT molecular complexity index is 213. The van der Waals surface area contributed by atoms with Crippen LogP contribution in [0.4, 0.5) is 0 Å². The summed E-state index contributed by atoms with van der Waals surface area (Å²) in [7, 11) is 2.30. The zero-order valence-electron chi connectivity index (χ0n) is 11.6. The number of nitrogens with two attached hydrogens (primary N) is 1. The van der Waals surface area contributed by atoms with E-state index in [9.17, 15) is 0 Å². The van der Waals surface area contributed by atoms with Gasteiger partial charge in [0.1, 0.15) is 0 Å². The lowest BCUT2D eigenvalue weighted by molar-refractivity contribution is 0.147. The van der Waals surface area contributed by atoms with Crippen LogP contribution in [0.3, 0.4) is 0 Å². The summed E-state index contributed by atoms with van der Waals surface area (Å²) in [6.45, 7) is 1.12. The van der Waals surface area contributed by atoms with Crippen LogP contribution >= 0.6 is 0 Å². The van der Waals surface area contributed by atoms with Crippen molar-refractivity contribution in [3.05, 3.63) is 0 Å². The predicted molar refractivity (Wildman–Crippen MR) is 74.1 cm³/mol. The van der Waals surface area contributed by atoms with E-state index in [1.165, 1.54) is 70.6 Å². The highest BCUT2D eigenvalue weighted by Gasteiger charge is 2.30. The molecule has 0 aromatic heterocycles. The Kier molecular flexibility index (Phi) is 4.87. The minimum Gasteiger partial charge on any atom is -0.324 e. The van der Waals surface area contributed by atoms with Crippen LogP contribution < -0.4 is 5.73 Å². The van der Waals surface area contributed by atoms with Crippen molar-refractivity contribution in [2.24, 2.45) is 5.73 Å². The maximum Gasteiger partial charge on any atom is 0.0283 e. The topological polar surface area (TPSA) is 29.3 Å². The van der Waals surface area contributed by atoms with Crippen molar-refractivity contribution in [1.82, 2.24) is 4.90 Å². The smallest absolute Gasteiger partial charge is 0.0283 e. The zero-order chi connectivity index (χ0) is 12.1. The van der Waals surface area contributed by atoms with Crippen LogP contribution in [0.15, 0.2) is 0 Å². The van der Waals surface area contributed by atoms with E-state index in [0.29, 0.717) is 0 Å². The van der Waals surface area contributed by atoms with Crippen molar-refractivity contribution in [2.75, 3.05) is 13.6 Å². The van der Waals surface area contributed by atoms with E-state index < -0.39 is 0 Å². The summed E-state index contributed by atoms with van der Waals surface area (Å²) in [5, 5.41) is 0. The lowest BCUT2D eigenvalue weighted by Crippen LogP contribution is -2.52. The highest BCUT2D eigenvalue weighted by Crippen LogP contribution is 2.28. The third kappa shape index (κ3) is 3.96. The third-order valence-corrected chi connectivity index (χ3v) is 4.86. The van der Waals surface area contributed by atoms with E-state index in [4.69, 9.17) is 5.73 Å². The molecule has 2 saturated carbocycles. The van der Waals surface area contributed by atoms with Gasteiger partial charge in [-0.25, -0.2) is 0 Å². The molecule has 2 aliphatic rings. The number of hydrogen-bond acceptors (Lipinski definition) is 2. The summed E-state index contributed by atoms with van der Waals surface area (Å²) in [5.74, 6) is 0. The van der Waals surface area contributed by atoms with Crippen molar-refractivity contribution < 1.29 is 0 Å². The molecule has 2 heteroatoms. The minimum absolute atomic E-state index is 0.124. The molecule has 0 aromatic rings. The molecule has 2 N–H and O–H groups in total. The Morgan fingerprint density at radius 3 is 2.06 bits per heavy atom. The number of rotatable bonds is 3. The van der Waals surface area contributed by atoms with Gasteiger partial charge in [0.05, 0.1) is 0 Å². The summed E-state index contributed by atoms with van der Waals surface area (Å²) in [5.41, 5.74) is 6.69. The average molecular weight is 238 g/mol. The summed E-state index contributed by atoms with van der Waals surface area (Å²) in [4.78, 5) is 2.58. The van der Waals surface area contributed by atoms with Crippen molar-refractivity contribution >= 4 is 0 Å². The molecular weight excluding hydrogens is 208 g/mol. The summed E-state index contributed by atoms with van der Waals surface area (Å²) in [6, 6.07) is 0.805. The monoisotopic (exact) mass is 238 g/mol. The summed E-state index contributed by atoms with van der Waals surface area (Å²) in [6.07, 6.45) is 15.1. The van der Waals surface area contributed by atoms with Gasteiger partial charge in [-0.05, 0) is 32.7 Å². The molecule has 17 heavy (non-hydrogen) atoms. The van der Waals surface area contributed by atoms with Crippen LogP contribution in [-0.4, -0.2) is 30.1 Å². The van der Waals surface area contributed by atoms with Gasteiger partial charge < -0.3 is 10.6 Å². The van der Waals surface area contributed by atoms with Gasteiger partial charge in [0.2, 0.25) is 0 Å². The first kappa shape index (κ1) is 13.4. The second kappa shape index (κ2) is 6.19.